The molecule has 4 atom stereocenters. The first-order valence-corrected chi connectivity index (χ1v) is 14.2. The molecule has 1 aliphatic heterocycles. The summed E-state index contributed by atoms with van der Waals surface area (Å²) < 4.78 is 5.40. The minimum Gasteiger partial charge on any atom is -0.496 e. The van der Waals surface area contributed by atoms with E-state index in [1.54, 1.807) is 25.3 Å². The summed E-state index contributed by atoms with van der Waals surface area (Å²) in [5, 5.41) is 22.7. The maximum absolute atomic E-state index is 13.7. The van der Waals surface area contributed by atoms with Gasteiger partial charge in [0.1, 0.15) is 23.5 Å². The predicted octanol–water partition coefficient (Wildman–Crippen LogP) is 2.95. The lowest BCUT2D eigenvalue weighted by atomic mass is 9.93. The number of methoxy groups -OCH3 is 1. The van der Waals surface area contributed by atoms with Gasteiger partial charge in [0, 0.05) is 29.9 Å². The topological polar surface area (TPSA) is 148 Å². The fraction of sp³-hybridized carbons (Fsp3) is 0.438. The predicted molar refractivity (Wildman–Crippen MR) is 162 cm³/mol. The number of aromatic amines is 1. The van der Waals surface area contributed by atoms with Crippen molar-refractivity contribution in [2.24, 2.45) is 11.8 Å². The lowest BCUT2D eigenvalue weighted by Crippen LogP contribution is -2.56. The molecule has 0 aliphatic carbocycles. The molecule has 222 valence electrons. The van der Waals surface area contributed by atoms with Crippen molar-refractivity contribution in [3.05, 3.63) is 53.8 Å². The number of carbonyl (C=O) groups is 3. The van der Waals surface area contributed by atoms with Crippen molar-refractivity contribution < 1.29 is 19.1 Å². The molecule has 1 fully saturated rings. The van der Waals surface area contributed by atoms with Gasteiger partial charge in [-0.1, -0.05) is 31.9 Å². The molecule has 5 N–H and O–H groups in total. The van der Waals surface area contributed by atoms with Gasteiger partial charge < -0.3 is 25.7 Å². The molecule has 0 spiro atoms. The van der Waals surface area contributed by atoms with E-state index in [9.17, 15) is 19.6 Å². The van der Waals surface area contributed by atoms with Crippen molar-refractivity contribution in [3.63, 3.8) is 0 Å². The number of amides is 3. The highest BCUT2D eigenvalue weighted by Gasteiger charge is 2.34. The first-order valence-electron chi connectivity index (χ1n) is 14.2. The molecular formula is C32H40N6O4. The van der Waals surface area contributed by atoms with Gasteiger partial charge in [0.25, 0.3) is 5.91 Å². The van der Waals surface area contributed by atoms with E-state index in [0.717, 1.165) is 16.5 Å². The average molecular weight is 573 g/mol. The molecule has 1 aliphatic rings. The van der Waals surface area contributed by atoms with E-state index >= 15 is 0 Å². The van der Waals surface area contributed by atoms with Crippen LogP contribution in [0.1, 0.15) is 50.5 Å². The summed E-state index contributed by atoms with van der Waals surface area (Å²) in [7, 11) is 1.56. The number of rotatable bonds is 14. The number of allylic oxidation sites excluding steroid dienone is 2. The summed E-state index contributed by atoms with van der Waals surface area (Å²) in [6.07, 6.45) is 11.8. The highest BCUT2D eigenvalue weighted by atomic mass is 16.5. The molecule has 1 aromatic carbocycles. The van der Waals surface area contributed by atoms with Crippen molar-refractivity contribution in [3.8, 4) is 24.2 Å². The van der Waals surface area contributed by atoms with Gasteiger partial charge in [-0.15, -0.1) is 6.42 Å². The summed E-state index contributed by atoms with van der Waals surface area (Å²) in [4.78, 5) is 42.5. The SMILES string of the molecule is C#C/C=C\C(=C/C)CNC(C#N)C(CC1CCNC1=O)NC(=O)C(CC(C)C)NC(=O)c1cc2c(OC)cccc2[nH]1. The Bertz CT molecular complexity index is 1410. The summed E-state index contributed by atoms with van der Waals surface area (Å²) >= 11 is 0. The van der Waals surface area contributed by atoms with Crippen LogP contribution in [0.5, 0.6) is 5.75 Å². The molecule has 1 saturated heterocycles. The number of nitriles is 1. The molecule has 3 amide bonds. The second-order valence-electron chi connectivity index (χ2n) is 10.7. The molecule has 1 aromatic heterocycles. The number of H-pyrrole nitrogens is 1. The first kappa shape index (κ1) is 32.0. The van der Waals surface area contributed by atoms with Crippen LogP contribution >= 0.6 is 0 Å². The van der Waals surface area contributed by atoms with Gasteiger partial charge in [-0.2, -0.15) is 5.26 Å². The van der Waals surface area contributed by atoms with Gasteiger partial charge >= 0.3 is 0 Å². The van der Waals surface area contributed by atoms with Gasteiger partial charge in [-0.25, -0.2) is 0 Å². The van der Waals surface area contributed by atoms with E-state index in [1.807, 2.05) is 45.0 Å². The van der Waals surface area contributed by atoms with Crippen LogP contribution in [0, 0.1) is 35.5 Å². The standard InChI is InChI=1S/C32H40N6O4/c1-6-8-10-21(7-2)19-35-28(18-33)25(16-22-13-14-34-30(22)39)37-31(40)26(15-20(3)4)38-32(41)27-17-23-24(36-27)11-9-12-29(23)42-5/h1,7-12,17,20,22,25-26,28,35-36H,13-16,19H2,2-5H3,(H,34,39)(H,37,40)(H,38,41)/b10-8-,21-7+. The van der Waals surface area contributed by atoms with Crippen LogP contribution in [0.4, 0.5) is 0 Å². The van der Waals surface area contributed by atoms with Crippen LogP contribution in [0.15, 0.2) is 48.1 Å². The fourth-order valence-electron chi connectivity index (χ4n) is 5.02. The minimum atomic E-state index is -0.866. The Balaban J connectivity index is 1.81. The van der Waals surface area contributed by atoms with E-state index < -0.39 is 29.9 Å². The summed E-state index contributed by atoms with van der Waals surface area (Å²) in [6.45, 7) is 6.68. The van der Waals surface area contributed by atoms with E-state index in [-0.39, 0.29) is 24.2 Å². The molecule has 10 heteroatoms. The highest BCUT2D eigenvalue weighted by molar-refractivity contribution is 6.01. The largest absolute Gasteiger partial charge is 0.496 e. The van der Waals surface area contributed by atoms with Crippen molar-refractivity contribution in [1.29, 1.82) is 5.26 Å². The average Bonchev–Trinajstić information content (AvgIpc) is 3.60. The Morgan fingerprint density at radius 2 is 2.07 bits per heavy atom. The number of benzene rings is 1. The van der Waals surface area contributed by atoms with Gasteiger partial charge in [0.05, 0.1) is 19.2 Å². The number of aromatic nitrogens is 1. The zero-order valence-electron chi connectivity index (χ0n) is 24.6. The van der Waals surface area contributed by atoms with E-state index in [4.69, 9.17) is 11.2 Å². The number of fused-ring (bicyclic) bond motifs is 1. The van der Waals surface area contributed by atoms with Gasteiger partial charge in [-0.05, 0) is 68.0 Å². The van der Waals surface area contributed by atoms with Gasteiger partial charge in [0.2, 0.25) is 11.8 Å². The van der Waals surface area contributed by atoms with E-state index in [0.29, 0.717) is 37.4 Å². The fourth-order valence-corrected chi connectivity index (χ4v) is 5.02. The second kappa shape index (κ2) is 15.5. The monoisotopic (exact) mass is 572 g/mol. The zero-order valence-corrected chi connectivity index (χ0v) is 24.6. The summed E-state index contributed by atoms with van der Waals surface area (Å²) in [5.74, 6) is 1.87. The van der Waals surface area contributed by atoms with Crippen LogP contribution in [-0.4, -0.2) is 61.0 Å². The third-order valence-corrected chi connectivity index (χ3v) is 7.28. The molecular weight excluding hydrogens is 532 g/mol. The number of nitrogens with one attached hydrogen (secondary N) is 5. The van der Waals surface area contributed by atoms with Crippen LogP contribution in [-0.2, 0) is 9.59 Å². The molecule has 3 rings (SSSR count). The van der Waals surface area contributed by atoms with Gasteiger partial charge in [0.15, 0.2) is 0 Å². The molecule has 4 unspecified atom stereocenters. The van der Waals surface area contributed by atoms with Crippen molar-refractivity contribution >= 4 is 28.6 Å². The molecule has 0 saturated carbocycles. The maximum Gasteiger partial charge on any atom is 0.268 e. The lowest BCUT2D eigenvalue weighted by molar-refractivity contribution is -0.126. The van der Waals surface area contributed by atoms with E-state index in [1.165, 1.54) is 0 Å². The number of hydrogen-bond acceptors (Lipinski definition) is 6. The van der Waals surface area contributed by atoms with Crippen LogP contribution in [0.3, 0.4) is 0 Å². The van der Waals surface area contributed by atoms with E-state index in [2.05, 4.69) is 38.2 Å². The van der Waals surface area contributed by atoms with Crippen LogP contribution in [0.2, 0.25) is 0 Å². The Labute approximate surface area is 247 Å². The first-order chi connectivity index (χ1) is 20.2. The molecule has 0 radical (unpaired) electrons. The number of nitrogens with zero attached hydrogens (tertiary/aromatic N) is 1. The number of terminal acetylenes is 1. The molecule has 10 nitrogen and oxygen atoms in total. The molecule has 0 bridgehead atoms. The summed E-state index contributed by atoms with van der Waals surface area (Å²) in [5.41, 5.74) is 1.90. The summed E-state index contributed by atoms with van der Waals surface area (Å²) in [6, 6.07) is 7.06. The molecule has 2 aromatic rings. The zero-order chi connectivity index (χ0) is 30.6. The molecule has 2 heterocycles. The number of hydrogen-bond donors (Lipinski definition) is 5. The Kier molecular flexibility index (Phi) is 11.8. The third-order valence-electron chi connectivity index (χ3n) is 7.28. The normalized spacial score (nSPS) is 17.4. The Hall–Kier alpha value is -4.54. The second-order valence-corrected chi connectivity index (χ2v) is 10.7. The van der Waals surface area contributed by atoms with Crippen LogP contribution in [0.25, 0.3) is 10.9 Å². The van der Waals surface area contributed by atoms with Gasteiger partial charge in [-0.3, -0.25) is 19.7 Å². The quantitative estimate of drug-likeness (QED) is 0.174. The maximum atomic E-state index is 13.7. The molecule has 42 heavy (non-hydrogen) atoms. The lowest BCUT2D eigenvalue weighted by Gasteiger charge is -2.29. The third kappa shape index (κ3) is 8.48. The number of ether oxygens (including phenoxy) is 1. The van der Waals surface area contributed by atoms with Crippen molar-refractivity contribution in [2.45, 2.75) is 58.2 Å². The minimum absolute atomic E-state index is 0.0907. The number of carbonyl (C=O) groups excluding carboxylic acids is 3. The van der Waals surface area contributed by atoms with Crippen LogP contribution < -0.4 is 26.0 Å². The highest BCUT2D eigenvalue weighted by Crippen LogP contribution is 2.26. The Morgan fingerprint density at radius 1 is 1.29 bits per heavy atom. The Morgan fingerprint density at radius 3 is 2.69 bits per heavy atom. The van der Waals surface area contributed by atoms with Crippen molar-refractivity contribution in [2.75, 3.05) is 20.2 Å². The van der Waals surface area contributed by atoms with Crippen molar-refractivity contribution in [1.82, 2.24) is 26.3 Å². The smallest absolute Gasteiger partial charge is 0.268 e.